The number of likely N-dealkylation sites (N-methyl/N-ethyl adjacent to an activating group) is 1. The van der Waals surface area contributed by atoms with Gasteiger partial charge in [-0.15, -0.1) is 0 Å². The monoisotopic (exact) mass is 542 g/mol. The van der Waals surface area contributed by atoms with E-state index in [2.05, 4.69) is 10.2 Å². The number of ether oxygens (including phenoxy) is 1. The Morgan fingerprint density at radius 3 is 2.50 bits per heavy atom. The summed E-state index contributed by atoms with van der Waals surface area (Å²) in [5.74, 6) is -1.17. The van der Waals surface area contributed by atoms with Gasteiger partial charge in [0.05, 0.1) is 18.2 Å². The number of amides is 3. The molecule has 0 saturated carbocycles. The number of carbonyl (C=O) groups is 3. The average molecular weight is 543 g/mol. The molecule has 0 aromatic heterocycles. The molecule has 1 saturated heterocycles. The van der Waals surface area contributed by atoms with Gasteiger partial charge in [-0.3, -0.25) is 14.6 Å². The lowest BCUT2D eigenvalue weighted by atomic mass is 9.94. The molecule has 1 fully saturated rings. The Balaban J connectivity index is 1.62. The number of hydrogen-bond donors (Lipinski definition) is 1. The summed E-state index contributed by atoms with van der Waals surface area (Å²) < 4.78 is 19.1. The molecule has 2 aromatic rings. The van der Waals surface area contributed by atoms with Crippen LogP contribution in [0.25, 0.3) is 0 Å². The molecule has 1 N–H and O–H groups in total. The van der Waals surface area contributed by atoms with Crippen LogP contribution in [0.5, 0.6) is 0 Å². The molecule has 38 heavy (non-hydrogen) atoms. The molecule has 2 aliphatic rings. The number of nitrogens with one attached hydrogen (secondary N) is 1. The molecule has 2 unspecified atom stereocenters. The average Bonchev–Trinajstić information content (AvgIpc) is 2.89. The van der Waals surface area contributed by atoms with E-state index in [0.717, 1.165) is 5.56 Å². The lowest BCUT2D eigenvalue weighted by molar-refractivity contribution is -0.139. The summed E-state index contributed by atoms with van der Waals surface area (Å²) in [6.45, 7) is 7.89. The SMILES string of the molecule is CCOC(=O)C1=C(CN2CCN(C(=O)c3cccc(F)c3)C(C)C2)N(CC)C(=O)NC1c1ccc(Cl)cc1. The smallest absolute Gasteiger partial charge is 0.338 e. The van der Waals surface area contributed by atoms with Gasteiger partial charge in [-0.1, -0.05) is 29.8 Å². The first kappa shape index (κ1) is 27.6. The van der Waals surface area contributed by atoms with Crippen molar-refractivity contribution in [2.75, 3.05) is 39.3 Å². The van der Waals surface area contributed by atoms with E-state index in [0.29, 0.717) is 54.6 Å². The third kappa shape index (κ3) is 5.84. The maximum absolute atomic E-state index is 13.7. The number of rotatable bonds is 7. The second kappa shape index (κ2) is 12.0. The molecule has 0 spiro atoms. The predicted octanol–water partition coefficient (Wildman–Crippen LogP) is 4.23. The number of benzene rings is 2. The van der Waals surface area contributed by atoms with E-state index in [-0.39, 0.29) is 24.6 Å². The Morgan fingerprint density at radius 1 is 1.13 bits per heavy atom. The molecule has 2 heterocycles. The Hall–Kier alpha value is -3.43. The number of carbonyl (C=O) groups excluding carboxylic acids is 3. The second-order valence-electron chi connectivity index (χ2n) is 9.35. The molecule has 8 nitrogen and oxygen atoms in total. The van der Waals surface area contributed by atoms with Gasteiger partial charge in [-0.25, -0.2) is 14.0 Å². The molecule has 3 amide bonds. The van der Waals surface area contributed by atoms with Crippen LogP contribution < -0.4 is 5.32 Å². The van der Waals surface area contributed by atoms with E-state index >= 15 is 0 Å². The van der Waals surface area contributed by atoms with Crippen molar-refractivity contribution in [2.24, 2.45) is 0 Å². The summed E-state index contributed by atoms with van der Waals surface area (Å²) in [5.41, 5.74) is 1.98. The van der Waals surface area contributed by atoms with Crippen molar-refractivity contribution in [3.05, 3.63) is 81.8 Å². The van der Waals surface area contributed by atoms with Gasteiger partial charge in [0.15, 0.2) is 0 Å². The zero-order valence-corrected chi connectivity index (χ0v) is 22.5. The third-order valence-corrected chi connectivity index (χ3v) is 7.12. The van der Waals surface area contributed by atoms with E-state index < -0.39 is 17.8 Å². The van der Waals surface area contributed by atoms with Crippen molar-refractivity contribution in [3.8, 4) is 0 Å². The first-order valence-corrected chi connectivity index (χ1v) is 13.1. The minimum atomic E-state index is -0.690. The fourth-order valence-corrected chi connectivity index (χ4v) is 5.17. The van der Waals surface area contributed by atoms with Crippen LogP contribution in [0.1, 0.15) is 42.7 Å². The number of urea groups is 1. The van der Waals surface area contributed by atoms with Gasteiger partial charge in [0.2, 0.25) is 0 Å². The number of esters is 1. The third-order valence-electron chi connectivity index (χ3n) is 6.87. The van der Waals surface area contributed by atoms with Crippen molar-refractivity contribution in [1.82, 2.24) is 20.0 Å². The summed E-state index contributed by atoms with van der Waals surface area (Å²) in [6.07, 6.45) is 0. The fraction of sp³-hybridized carbons (Fsp3) is 0.393. The largest absolute Gasteiger partial charge is 0.463 e. The van der Waals surface area contributed by atoms with Gasteiger partial charge < -0.3 is 15.0 Å². The molecule has 4 rings (SSSR count). The molecule has 2 atom stereocenters. The van der Waals surface area contributed by atoms with Crippen LogP contribution in [-0.4, -0.2) is 78.0 Å². The number of nitrogens with zero attached hydrogens (tertiary/aromatic N) is 3. The van der Waals surface area contributed by atoms with Crippen LogP contribution in [-0.2, 0) is 9.53 Å². The minimum absolute atomic E-state index is 0.161. The van der Waals surface area contributed by atoms with Crippen LogP contribution in [0.15, 0.2) is 59.8 Å². The van der Waals surface area contributed by atoms with Crippen LogP contribution >= 0.6 is 11.6 Å². The van der Waals surface area contributed by atoms with Crippen LogP contribution in [0.4, 0.5) is 9.18 Å². The van der Waals surface area contributed by atoms with E-state index in [1.165, 1.54) is 18.2 Å². The Labute approximate surface area is 227 Å². The fourth-order valence-electron chi connectivity index (χ4n) is 5.04. The highest BCUT2D eigenvalue weighted by atomic mass is 35.5. The lowest BCUT2D eigenvalue weighted by Gasteiger charge is -2.43. The molecule has 2 aliphatic heterocycles. The van der Waals surface area contributed by atoms with Crippen LogP contribution in [0.3, 0.4) is 0 Å². The maximum atomic E-state index is 13.7. The summed E-state index contributed by atoms with van der Waals surface area (Å²) in [7, 11) is 0. The standard InChI is InChI=1S/C28H32ClFN4O4/c1-4-33-23(17-32-13-14-34(18(3)16-32)26(35)20-7-6-8-22(30)15-20)24(27(36)38-5-2)25(31-28(33)37)19-9-11-21(29)12-10-19/h6-12,15,18,25H,4-5,13-14,16-17H2,1-3H3,(H,31,37). The first-order valence-electron chi connectivity index (χ1n) is 12.8. The van der Waals surface area contributed by atoms with E-state index in [1.807, 2.05) is 13.8 Å². The Morgan fingerprint density at radius 2 is 1.87 bits per heavy atom. The maximum Gasteiger partial charge on any atom is 0.338 e. The van der Waals surface area contributed by atoms with E-state index in [1.54, 1.807) is 47.1 Å². The van der Waals surface area contributed by atoms with Gasteiger partial charge in [0, 0.05) is 55.0 Å². The summed E-state index contributed by atoms with van der Waals surface area (Å²) in [5, 5.41) is 3.50. The zero-order chi connectivity index (χ0) is 27.4. The second-order valence-corrected chi connectivity index (χ2v) is 9.79. The molecular formula is C28H32ClFN4O4. The van der Waals surface area contributed by atoms with Crippen molar-refractivity contribution >= 4 is 29.5 Å². The minimum Gasteiger partial charge on any atom is -0.463 e. The van der Waals surface area contributed by atoms with Gasteiger partial charge in [0.1, 0.15) is 5.82 Å². The highest BCUT2D eigenvalue weighted by Crippen LogP contribution is 2.33. The van der Waals surface area contributed by atoms with E-state index in [4.69, 9.17) is 16.3 Å². The molecule has 2 aromatic carbocycles. The van der Waals surface area contributed by atoms with Gasteiger partial charge in [-0.05, 0) is 56.7 Å². The summed E-state index contributed by atoms with van der Waals surface area (Å²) in [6, 6.07) is 11.5. The van der Waals surface area contributed by atoms with Gasteiger partial charge in [0.25, 0.3) is 5.91 Å². The van der Waals surface area contributed by atoms with Crippen molar-refractivity contribution < 1.29 is 23.5 Å². The highest BCUT2D eigenvalue weighted by Gasteiger charge is 2.39. The summed E-state index contributed by atoms with van der Waals surface area (Å²) in [4.78, 5) is 44.9. The first-order chi connectivity index (χ1) is 18.2. The number of hydrogen-bond acceptors (Lipinski definition) is 5. The van der Waals surface area contributed by atoms with Crippen molar-refractivity contribution in [2.45, 2.75) is 32.9 Å². The van der Waals surface area contributed by atoms with Crippen molar-refractivity contribution in [3.63, 3.8) is 0 Å². The van der Waals surface area contributed by atoms with Crippen molar-refractivity contribution in [1.29, 1.82) is 0 Å². The summed E-state index contributed by atoms with van der Waals surface area (Å²) >= 11 is 6.07. The Bertz CT molecular complexity index is 1240. The van der Waals surface area contributed by atoms with Gasteiger partial charge >= 0.3 is 12.0 Å². The lowest BCUT2D eigenvalue weighted by Crippen LogP contribution is -2.56. The molecule has 0 radical (unpaired) electrons. The highest BCUT2D eigenvalue weighted by molar-refractivity contribution is 6.30. The molecule has 0 bridgehead atoms. The molecule has 0 aliphatic carbocycles. The topological polar surface area (TPSA) is 82.2 Å². The normalized spacial score (nSPS) is 20.4. The molecular weight excluding hydrogens is 511 g/mol. The molecule has 202 valence electrons. The van der Waals surface area contributed by atoms with E-state index in [9.17, 15) is 18.8 Å². The van der Waals surface area contributed by atoms with Crippen LogP contribution in [0.2, 0.25) is 5.02 Å². The number of halogens is 2. The molecule has 10 heteroatoms. The zero-order valence-electron chi connectivity index (χ0n) is 21.7. The number of piperazine rings is 1. The Kier molecular flexibility index (Phi) is 8.69. The van der Waals surface area contributed by atoms with Crippen LogP contribution in [0, 0.1) is 5.82 Å². The predicted molar refractivity (Wildman–Crippen MR) is 142 cm³/mol. The van der Waals surface area contributed by atoms with Gasteiger partial charge in [-0.2, -0.15) is 0 Å². The quantitative estimate of drug-likeness (QED) is 0.530.